The van der Waals surface area contributed by atoms with Gasteiger partial charge < -0.3 is 14.2 Å². The van der Waals surface area contributed by atoms with Crippen LogP contribution in [0.15, 0.2) is 65.5 Å². The van der Waals surface area contributed by atoms with Crippen LogP contribution in [0.3, 0.4) is 0 Å². The molecule has 1 saturated heterocycles. The second kappa shape index (κ2) is 9.27. The van der Waals surface area contributed by atoms with Gasteiger partial charge in [-0.05, 0) is 86.5 Å². The standard InChI is InChI=1S/C25H30N2O2/c1-29-23-10-7-20(8-11-23)19-21-13-17-26(18-14-21)15-4-16-27-24-6-3-2-5-22(24)9-12-25(27)28/h2-3,5-12,21H,4,13-19H2,1H3. The van der Waals surface area contributed by atoms with Crippen molar-refractivity contribution < 1.29 is 4.74 Å². The lowest BCUT2D eigenvalue weighted by Gasteiger charge is -2.32. The molecule has 2 aromatic carbocycles. The van der Waals surface area contributed by atoms with Crippen LogP contribution in [-0.4, -0.2) is 36.2 Å². The Hall–Kier alpha value is -2.59. The highest BCUT2D eigenvalue weighted by Crippen LogP contribution is 2.23. The molecule has 4 rings (SSSR count). The number of rotatable bonds is 7. The van der Waals surface area contributed by atoms with E-state index in [2.05, 4.69) is 35.2 Å². The number of nitrogens with zero attached hydrogens (tertiary/aromatic N) is 2. The van der Waals surface area contributed by atoms with Crippen molar-refractivity contribution in [3.63, 3.8) is 0 Å². The number of hydrogen-bond acceptors (Lipinski definition) is 3. The van der Waals surface area contributed by atoms with Gasteiger partial charge in [0.1, 0.15) is 5.75 Å². The smallest absolute Gasteiger partial charge is 0.251 e. The molecule has 0 unspecified atom stereocenters. The maximum absolute atomic E-state index is 12.3. The monoisotopic (exact) mass is 390 g/mol. The number of methoxy groups -OCH3 is 1. The quantitative estimate of drug-likeness (QED) is 0.601. The first-order valence-corrected chi connectivity index (χ1v) is 10.7. The fraction of sp³-hybridized carbons (Fsp3) is 0.400. The van der Waals surface area contributed by atoms with Crippen molar-refractivity contribution in [2.45, 2.75) is 32.2 Å². The molecule has 4 heteroatoms. The Morgan fingerprint density at radius 3 is 2.45 bits per heavy atom. The van der Waals surface area contributed by atoms with E-state index in [0.29, 0.717) is 0 Å². The van der Waals surface area contributed by atoms with Crippen LogP contribution in [0.2, 0.25) is 0 Å². The van der Waals surface area contributed by atoms with Crippen LogP contribution >= 0.6 is 0 Å². The lowest BCUT2D eigenvalue weighted by atomic mass is 9.90. The average molecular weight is 391 g/mol. The second-order valence-corrected chi connectivity index (χ2v) is 8.07. The summed E-state index contributed by atoms with van der Waals surface area (Å²) in [5.41, 5.74) is 2.54. The molecule has 3 aromatic rings. The lowest BCUT2D eigenvalue weighted by Crippen LogP contribution is -2.35. The van der Waals surface area contributed by atoms with Crippen molar-refractivity contribution in [3.05, 3.63) is 76.6 Å². The molecular weight excluding hydrogens is 360 g/mol. The van der Waals surface area contributed by atoms with E-state index >= 15 is 0 Å². The second-order valence-electron chi connectivity index (χ2n) is 8.07. The molecule has 2 heterocycles. The van der Waals surface area contributed by atoms with Crippen molar-refractivity contribution in [2.75, 3.05) is 26.7 Å². The molecule has 1 aliphatic heterocycles. The first-order valence-electron chi connectivity index (χ1n) is 10.7. The average Bonchev–Trinajstić information content (AvgIpc) is 2.77. The lowest BCUT2D eigenvalue weighted by molar-refractivity contribution is 0.180. The molecule has 0 radical (unpaired) electrons. The van der Waals surface area contributed by atoms with Crippen LogP contribution in [0.1, 0.15) is 24.8 Å². The summed E-state index contributed by atoms with van der Waals surface area (Å²) in [6.45, 7) is 4.16. The van der Waals surface area contributed by atoms with Crippen LogP contribution in [0, 0.1) is 5.92 Å². The first-order chi connectivity index (χ1) is 14.2. The zero-order chi connectivity index (χ0) is 20.1. The molecule has 1 aliphatic rings. The molecule has 0 bridgehead atoms. The van der Waals surface area contributed by atoms with E-state index in [-0.39, 0.29) is 5.56 Å². The third kappa shape index (κ3) is 4.88. The maximum Gasteiger partial charge on any atom is 0.251 e. The number of benzene rings is 2. The summed E-state index contributed by atoms with van der Waals surface area (Å²) in [6.07, 6.45) is 4.67. The first kappa shape index (κ1) is 19.7. The Kier molecular flexibility index (Phi) is 6.30. The van der Waals surface area contributed by atoms with E-state index < -0.39 is 0 Å². The van der Waals surface area contributed by atoms with Crippen molar-refractivity contribution >= 4 is 10.9 Å². The zero-order valence-electron chi connectivity index (χ0n) is 17.2. The number of para-hydroxylation sites is 1. The number of fused-ring (bicyclic) bond motifs is 1. The van der Waals surface area contributed by atoms with Gasteiger partial charge in [-0.25, -0.2) is 0 Å². The van der Waals surface area contributed by atoms with Gasteiger partial charge in [0.15, 0.2) is 0 Å². The number of aromatic nitrogens is 1. The summed E-state index contributed by atoms with van der Waals surface area (Å²) in [6, 6.07) is 20.2. The molecule has 0 atom stereocenters. The predicted molar refractivity (Wildman–Crippen MR) is 119 cm³/mol. The van der Waals surface area contributed by atoms with E-state index in [1.54, 1.807) is 13.2 Å². The third-order valence-corrected chi connectivity index (χ3v) is 6.15. The highest BCUT2D eigenvalue weighted by Gasteiger charge is 2.19. The van der Waals surface area contributed by atoms with Crippen molar-refractivity contribution in [1.29, 1.82) is 0 Å². The topological polar surface area (TPSA) is 34.5 Å². The molecule has 1 fully saturated rings. The van der Waals surface area contributed by atoms with Crippen LogP contribution in [0.5, 0.6) is 5.75 Å². The van der Waals surface area contributed by atoms with Crippen LogP contribution in [0.4, 0.5) is 0 Å². The Morgan fingerprint density at radius 2 is 1.69 bits per heavy atom. The summed E-state index contributed by atoms with van der Waals surface area (Å²) >= 11 is 0. The summed E-state index contributed by atoms with van der Waals surface area (Å²) in [7, 11) is 1.71. The molecule has 0 aliphatic carbocycles. The van der Waals surface area contributed by atoms with Gasteiger partial charge in [-0.2, -0.15) is 0 Å². The highest BCUT2D eigenvalue weighted by molar-refractivity contribution is 5.78. The number of aryl methyl sites for hydroxylation is 1. The molecule has 0 saturated carbocycles. The number of piperidine rings is 1. The number of ether oxygens (including phenoxy) is 1. The van der Waals surface area contributed by atoms with Gasteiger partial charge >= 0.3 is 0 Å². The minimum absolute atomic E-state index is 0.0990. The van der Waals surface area contributed by atoms with E-state index in [1.165, 1.54) is 18.4 Å². The maximum atomic E-state index is 12.3. The third-order valence-electron chi connectivity index (χ3n) is 6.15. The molecule has 29 heavy (non-hydrogen) atoms. The van der Waals surface area contributed by atoms with Gasteiger partial charge in [-0.3, -0.25) is 4.79 Å². The Balaban J connectivity index is 1.25. The summed E-state index contributed by atoms with van der Waals surface area (Å²) in [5.74, 6) is 1.69. The fourth-order valence-corrected chi connectivity index (χ4v) is 4.44. The number of pyridine rings is 1. The van der Waals surface area contributed by atoms with Gasteiger partial charge in [0.2, 0.25) is 0 Å². The number of hydrogen-bond donors (Lipinski definition) is 0. The van der Waals surface area contributed by atoms with Gasteiger partial charge in [0, 0.05) is 12.6 Å². The van der Waals surface area contributed by atoms with Crippen molar-refractivity contribution in [3.8, 4) is 5.75 Å². The predicted octanol–water partition coefficient (Wildman–Crippen LogP) is 4.35. The minimum Gasteiger partial charge on any atom is -0.497 e. The van der Waals surface area contributed by atoms with Gasteiger partial charge in [-0.1, -0.05) is 30.3 Å². The normalized spacial score (nSPS) is 15.6. The fourth-order valence-electron chi connectivity index (χ4n) is 4.44. The molecule has 0 amide bonds. The van der Waals surface area contributed by atoms with E-state index in [1.807, 2.05) is 28.8 Å². The molecule has 4 nitrogen and oxygen atoms in total. The highest BCUT2D eigenvalue weighted by atomic mass is 16.5. The molecule has 0 N–H and O–H groups in total. The van der Waals surface area contributed by atoms with Crippen LogP contribution < -0.4 is 10.3 Å². The van der Waals surface area contributed by atoms with Gasteiger partial charge in [-0.15, -0.1) is 0 Å². The van der Waals surface area contributed by atoms with E-state index in [0.717, 1.165) is 61.6 Å². The Morgan fingerprint density at radius 1 is 0.931 bits per heavy atom. The van der Waals surface area contributed by atoms with Gasteiger partial charge in [0.25, 0.3) is 5.56 Å². The Labute approximate surface area is 172 Å². The zero-order valence-corrected chi connectivity index (χ0v) is 17.2. The SMILES string of the molecule is COc1ccc(CC2CCN(CCCn3c(=O)ccc4ccccc43)CC2)cc1. The van der Waals surface area contributed by atoms with Crippen molar-refractivity contribution in [1.82, 2.24) is 9.47 Å². The summed E-state index contributed by atoms with van der Waals surface area (Å²) in [4.78, 5) is 14.9. The van der Waals surface area contributed by atoms with Crippen molar-refractivity contribution in [2.24, 2.45) is 5.92 Å². The Bertz CT molecular complexity index is 986. The van der Waals surface area contributed by atoms with Crippen LogP contribution in [-0.2, 0) is 13.0 Å². The summed E-state index contributed by atoms with van der Waals surface area (Å²) in [5, 5.41) is 1.13. The molecule has 1 aromatic heterocycles. The van der Waals surface area contributed by atoms with Crippen LogP contribution in [0.25, 0.3) is 10.9 Å². The van der Waals surface area contributed by atoms with Gasteiger partial charge in [0.05, 0.1) is 12.6 Å². The molecular formula is C25H30N2O2. The van der Waals surface area contributed by atoms with E-state index in [9.17, 15) is 4.79 Å². The van der Waals surface area contributed by atoms with E-state index in [4.69, 9.17) is 4.74 Å². The number of likely N-dealkylation sites (tertiary alicyclic amines) is 1. The minimum atomic E-state index is 0.0990. The largest absolute Gasteiger partial charge is 0.497 e. The molecule has 152 valence electrons. The summed E-state index contributed by atoms with van der Waals surface area (Å²) < 4.78 is 7.17. The molecule has 0 spiro atoms.